The van der Waals surface area contributed by atoms with Crippen molar-refractivity contribution in [3.63, 3.8) is 0 Å². The Balaban J connectivity index is 3.05. The first-order valence-electron chi connectivity index (χ1n) is 6.60. The lowest BCUT2D eigenvalue weighted by atomic mass is 9.86. The van der Waals surface area contributed by atoms with Gasteiger partial charge in [-0.2, -0.15) is 0 Å². The Kier molecular flexibility index (Phi) is 5.17. The fraction of sp³-hybridized carbons (Fsp3) is 0.533. The molecule has 1 radical (unpaired) electrons. The molecule has 1 rings (SSSR count). The van der Waals surface area contributed by atoms with Crippen LogP contribution in [0.3, 0.4) is 0 Å². The predicted octanol–water partition coefficient (Wildman–Crippen LogP) is 3.03. The number of primary amides is 1. The van der Waals surface area contributed by atoms with Crippen molar-refractivity contribution in [3.8, 4) is 5.75 Å². The van der Waals surface area contributed by atoms with Crippen molar-refractivity contribution >= 4 is 14.9 Å². The van der Waals surface area contributed by atoms with Gasteiger partial charge >= 0.3 is 0 Å². The fourth-order valence-corrected chi connectivity index (χ4v) is 2.43. The van der Waals surface area contributed by atoms with Gasteiger partial charge in [-0.1, -0.05) is 32.9 Å². The number of nitrogens with two attached hydrogens (primary N) is 1. The highest BCUT2D eigenvalue weighted by Crippen LogP contribution is 2.29. The summed E-state index contributed by atoms with van der Waals surface area (Å²) in [7, 11) is -0.825. The monoisotopic (exact) mass is 278 g/mol. The van der Waals surface area contributed by atoms with Crippen LogP contribution >= 0.6 is 0 Å². The largest absolute Gasteiger partial charge is 0.542 e. The molecule has 0 aliphatic heterocycles. The van der Waals surface area contributed by atoms with E-state index in [1.165, 1.54) is 5.56 Å². The Morgan fingerprint density at radius 2 is 1.95 bits per heavy atom. The Hall–Kier alpha value is -1.29. The summed E-state index contributed by atoms with van der Waals surface area (Å²) in [6.07, 6.45) is 1.00. The van der Waals surface area contributed by atoms with Gasteiger partial charge in [0.2, 0.25) is 5.91 Å². The number of rotatable bonds is 5. The summed E-state index contributed by atoms with van der Waals surface area (Å²) in [6.45, 7) is 10.7. The zero-order valence-electron chi connectivity index (χ0n) is 12.5. The average molecular weight is 278 g/mol. The van der Waals surface area contributed by atoms with Crippen LogP contribution in [-0.2, 0) is 16.6 Å². The van der Waals surface area contributed by atoms with Gasteiger partial charge in [0.15, 0.2) is 0 Å². The number of hydrogen-bond donors (Lipinski definition) is 1. The van der Waals surface area contributed by atoms with Crippen molar-refractivity contribution < 1.29 is 9.22 Å². The summed E-state index contributed by atoms with van der Waals surface area (Å²) in [5.74, 6) is 0.636. The molecule has 105 valence electrons. The van der Waals surface area contributed by atoms with Gasteiger partial charge in [0, 0.05) is 6.42 Å². The second kappa shape index (κ2) is 6.24. The lowest BCUT2D eigenvalue weighted by Gasteiger charge is -2.22. The summed E-state index contributed by atoms with van der Waals surface area (Å²) in [6, 6.07) is 6.28. The molecule has 19 heavy (non-hydrogen) atoms. The standard InChI is InChI=1S/C15H24NO2Si/c1-15(2,3)12-8-6-11(7-9-14(16)17)13(10-12)18-19(4)5/h6,8,10H,7,9H2,1-5H3,(H2,16,17). The summed E-state index contributed by atoms with van der Waals surface area (Å²) in [5, 5.41) is 0. The molecule has 0 unspecified atom stereocenters. The highest BCUT2D eigenvalue weighted by atomic mass is 28.3. The molecule has 0 fully saturated rings. The minimum Gasteiger partial charge on any atom is -0.542 e. The van der Waals surface area contributed by atoms with Crippen molar-refractivity contribution in [2.75, 3.05) is 0 Å². The molecule has 0 spiro atoms. The fourth-order valence-electron chi connectivity index (χ4n) is 1.80. The summed E-state index contributed by atoms with van der Waals surface area (Å²) >= 11 is 0. The smallest absolute Gasteiger partial charge is 0.274 e. The second-order valence-corrected chi connectivity index (χ2v) is 8.07. The third kappa shape index (κ3) is 5.07. The molecule has 3 nitrogen and oxygen atoms in total. The maximum absolute atomic E-state index is 10.9. The minimum atomic E-state index is -0.825. The quantitative estimate of drug-likeness (QED) is 0.842. The molecule has 1 aromatic rings. The maximum Gasteiger partial charge on any atom is 0.274 e. The van der Waals surface area contributed by atoms with E-state index in [9.17, 15) is 4.79 Å². The van der Waals surface area contributed by atoms with Crippen LogP contribution in [0.4, 0.5) is 0 Å². The van der Waals surface area contributed by atoms with E-state index in [-0.39, 0.29) is 11.3 Å². The Labute approximate surface area is 117 Å². The van der Waals surface area contributed by atoms with E-state index in [0.29, 0.717) is 12.8 Å². The molecule has 2 N–H and O–H groups in total. The zero-order valence-corrected chi connectivity index (χ0v) is 13.5. The molecular weight excluding hydrogens is 254 g/mol. The molecule has 0 aromatic heterocycles. The highest BCUT2D eigenvalue weighted by Gasteiger charge is 2.17. The lowest BCUT2D eigenvalue weighted by molar-refractivity contribution is -0.117. The summed E-state index contributed by atoms with van der Waals surface area (Å²) in [5.41, 5.74) is 7.62. The number of hydrogen-bond acceptors (Lipinski definition) is 2. The van der Waals surface area contributed by atoms with Gasteiger partial charge in [-0.15, -0.1) is 0 Å². The zero-order chi connectivity index (χ0) is 14.6. The lowest BCUT2D eigenvalue weighted by Crippen LogP contribution is -2.17. The third-order valence-corrected chi connectivity index (χ3v) is 3.52. The summed E-state index contributed by atoms with van der Waals surface area (Å²) in [4.78, 5) is 10.9. The molecule has 0 saturated heterocycles. The van der Waals surface area contributed by atoms with Crippen LogP contribution in [0.25, 0.3) is 0 Å². The van der Waals surface area contributed by atoms with Crippen molar-refractivity contribution in [1.82, 2.24) is 0 Å². The van der Waals surface area contributed by atoms with E-state index in [4.69, 9.17) is 10.2 Å². The van der Waals surface area contributed by atoms with Crippen LogP contribution in [0, 0.1) is 0 Å². The maximum atomic E-state index is 10.9. The van der Waals surface area contributed by atoms with Gasteiger partial charge in [0.05, 0.1) is 0 Å². The van der Waals surface area contributed by atoms with Crippen molar-refractivity contribution in [2.45, 2.75) is 52.1 Å². The van der Waals surface area contributed by atoms with Gasteiger partial charge in [-0.3, -0.25) is 4.79 Å². The van der Waals surface area contributed by atoms with Gasteiger partial charge < -0.3 is 10.2 Å². The SMILES string of the molecule is C[Si](C)Oc1cc(C(C)(C)C)ccc1CCC(N)=O. The Morgan fingerprint density at radius 1 is 1.32 bits per heavy atom. The van der Waals surface area contributed by atoms with E-state index in [1.807, 2.05) is 0 Å². The number of benzene rings is 1. The van der Waals surface area contributed by atoms with Gasteiger partial charge in [0.1, 0.15) is 5.75 Å². The first kappa shape index (κ1) is 15.8. The number of carbonyl (C=O) groups is 1. The normalized spacial score (nSPS) is 11.7. The van der Waals surface area contributed by atoms with Crippen LogP contribution in [0.15, 0.2) is 18.2 Å². The molecule has 0 aliphatic rings. The molecule has 0 saturated carbocycles. The molecule has 1 aromatic carbocycles. The first-order valence-corrected chi connectivity index (χ1v) is 9.00. The number of aryl methyl sites for hydroxylation is 1. The Bertz CT molecular complexity index is 450. The molecule has 0 heterocycles. The van der Waals surface area contributed by atoms with E-state index in [0.717, 1.165) is 11.3 Å². The van der Waals surface area contributed by atoms with Crippen molar-refractivity contribution in [1.29, 1.82) is 0 Å². The van der Waals surface area contributed by atoms with E-state index in [1.54, 1.807) is 0 Å². The van der Waals surface area contributed by atoms with Crippen LogP contribution in [0.5, 0.6) is 5.75 Å². The molecule has 0 bridgehead atoms. The van der Waals surface area contributed by atoms with Gasteiger partial charge in [-0.05, 0) is 42.1 Å². The average Bonchev–Trinajstić information content (AvgIpc) is 2.25. The van der Waals surface area contributed by atoms with E-state index < -0.39 is 9.04 Å². The van der Waals surface area contributed by atoms with Crippen LogP contribution in [-0.4, -0.2) is 14.9 Å². The van der Waals surface area contributed by atoms with E-state index in [2.05, 4.69) is 52.1 Å². The first-order chi connectivity index (χ1) is 8.70. The van der Waals surface area contributed by atoms with Crippen molar-refractivity contribution in [3.05, 3.63) is 29.3 Å². The molecule has 0 atom stereocenters. The second-order valence-electron chi connectivity index (χ2n) is 6.05. The summed E-state index contributed by atoms with van der Waals surface area (Å²) < 4.78 is 5.96. The molecule has 1 amide bonds. The topological polar surface area (TPSA) is 52.3 Å². The Morgan fingerprint density at radius 3 is 2.42 bits per heavy atom. The van der Waals surface area contributed by atoms with Gasteiger partial charge in [-0.25, -0.2) is 0 Å². The minimum absolute atomic E-state index is 0.0920. The van der Waals surface area contributed by atoms with Crippen LogP contribution in [0.2, 0.25) is 13.1 Å². The molecular formula is C15H24NO2Si. The van der Waals surface area contributed by atoms with Crippen molar-refractivity contribution in [2.24, 2.45) is 5.73 Å². The van der Waals surface area contributed by atoms with Gasteiger partial charge in [0.25, 0.3) is 9.04 Å². The highest BCUT2D eigenvalue weighted by molar-refractivity contribution is 6.49. The molecule has 0 aliphatic carbocycles. The third-order valence-electron chi connectivity index (χ3n) is 2.89. The van der Waals surface area contributed by atoms with E-state index >= 15 is 0 Å². The predicted molar refractivity (Wildman–Crippen MR) is 80.8 cm³/mol. The van der Waals surface area contributed by atoms with Crippen LogP contribution in [0.1, 0.15) is 38.3 Å². The van der Waals surface area contributed by atoms with Crippen LogP contribution < -0.4 is 10.2 Å². The molecule has 4 heteroatoms. The number of carbonyl (C=O) groups excluding carboxylic acids is 1. The number of amides is 1.